The molecule has 140 valence electrons. The molecule has 3 nitrogen and oxygen atoms in total. The maximum Gasteiger partial charge on any atom is 0.220 e. The number of benzene rings is 1. The molecule has 0 aromatic heterocycles. The second-order valence-electron chi connectivity index (χ2n) is 8.08. The Morgan fingerprint density at radius 1 is 1.28 bits per heavy atom. The van der Waals surface area contributed by atoms with Gasteiger partial charge in [0.2, 0.25) is 5.91 Å². The van der Waals surface area contributed by atoms with Crippen LogP contribution < -0.4 is 10.6 Å². The molecule has 4 heteroatoms. The number of halogens is 1. The molecule has 2 fully saturated rings. The number of nitrogens with one attached hydrogen (secondary N) is 2. The molecule has 3 rings (SSSR count). The van der Waals surface area contributed by atoms with Crippen molar-refractivity contribution >= 4 is 18.3 Å². The fourth-order valence-electron chi connectivity index (χ4n) is 4.30. The van der Waals surface area contributed by atoms with E-state index in [-0.39, 0.29) is 18.3 Å². The van der Waals surface area contributed by atoms with Gasteiger partial charge in [-0.15, -0.1) is 12.4 Å². The lowest BCUT2D eigenvalue weighted by molar-refractivity contribution is -0.123. The predicted octanol–water partition coefficient (Wildman–Crippen LogP) is 3.96. The van der Waals surface area contributed by atoms with E-state index in [1.54, 1.807) is 0 Å². The first-order valence-corrected chi connectivity index (χ1v) is 9.68. The van der Waals surface area contributed by atoms with E-state index < -0.39 is 0 Å². The minimum atomic E-state index is 0. The quantitative estimate of drug-likeness (QED) is 0.768. The van der Waals surface area contributed by atoms with E-state index in [1.165, 1.54) is 37.7 Å². The van der Waals surface area contributed by atoms with Gasteiger partial charge in [-0.05, 0) is 68.0 Å². The Hall–Kier alpha value is -1.06. The molecule has 1 heterocycles. The zero-order valence-corrected chi connectivity index (χ0v) is 16.2. The number of rotatable bonds is 7. The standard InChI is InChI=1S/C21H32N2O.ClH/c1-17(19-9-5-12-22-15-19)13-20(24)23-16-21(10-6-11-21)14-18-7-3-2-4-8-18;/h2-4,7-8,17,19,22H,5-6,9-16H2,1H3,(H,23,24);1H. The topological polar surface area (TPSA) is 41.1 Å². The van der Waals surface area contributed by atoms with Crippen LogP contribution in [0.1, 0.15) is 51.0 Å². The summed E-state index contributed by atoms with van der Waals surface area (Å²) in [6, 6.07) is 10.7. The molecule has 1 saturated heterocycles. The molecule has 1 amide bonds. The van der Waals surface area contributed by atoms with Gasteiger partial charge in [0.15, 0.2) is 0 Å². The van der Waals surface area contributed by atoms with Crippen molar-refractivity contribution in [1.29, 1.82) is 0 Å². The van der Waals surface area contributed by atoms with E-state index in [0.29, 0.717) is 23.7 Å². The first kappa shape index (κ1) is 20.3. The van der Waals surface area contributed by atoms with Crippen molar-refractivity contribution in [2.24, 2.45) is 17.3 Å². The van der Waals surface area contributed by atoms with E-state index >= 15 is 0 Å². The molecule has 0 radical (unpaired) electrons. The van der Waals surface area contributed by atoms with Gasteiger partial charge in [0.05, 0.1) is 0 Å². The van der Waals surface area contributed by atoms with E-state index in [2.05, 4.69) is 47.9 Å². The van der Waals surface area contributed by atoms with Crippen LogP contribution in [0, 0.1) is 17.3 Å². The number of hydrogen-bond donors (Lipinski definition) is 2. The minimum absolute atomic E-state index is 0. The summed E-state index contributed by atoms with van der Waals surface area (Å²) in [7, 11) is 0. The van der Waals surface area contributed by atoms with Crippen molar-refractivity contribution in [3.8, 4) is 0 Å². The predicted molar refractivity (Wildman–Crippen MR) is 106 cm³/mol. The van der Waals surface area contributed by atoms with E-state index in [0.717, 1.165) is 26.1 Å². The molecule has 2 N–H and O–H groups in total. The molecule has 2 aliphatic rings. The van der Waals surface area contributed by atoms with Crippen LogP contribution in [0.3, 0.4) is 0 Å². The van der Waals surface area contributed by atoms with Crippen LogP contribution >= 0.6 is 12.4 Å². The largest absolute Gasteiger partial charge is 0.356 e. The monoisotopic (exact) mass is 364 g/mol. The fraction of sp³-hybridized carbons (Fsp3) is 0.667. The summed E-state index contributed by atoms with van der Waals surface area (Å²) in [6.07, 6.45) is 8.06. The van der Waals surface area contributed by atoms with E-state index in [4.69, 9.17) is 0 Å². The summed E-state index contributed by atoms with van der Waals surface area (Å²) < 4.78 is 0. The summed E-state index contributed by atoms with van der Waals surface area (Å²) in [6.45, 7) is 5.29. The molecule has 1 aromatic rings. The molecule has 2 atom stereocenters. The summed E-state index contributed by atoms with van der Waals surface area (Å²) in [4.78, 5) is 12.4. The van der Waals surface area contributed by atoms with Crippen LogP contribution in [0.25, 0.3) is 0 Å². The van der Waals surface area contributed by atoms with Gasteiger partial charge in [-0.3, -0.25) is 4.79 Å². The summed E-state index contributed by atoms with van der Waals surface area (Å²) in [5.74, 6) is 1.38. The third-order valence-electron chi connectivity index (χ3n) is 6.14. The van der Waals surface area contributed by atoms with Gasteiger partial charge in [0.1, 0.15) is 0 Å². The van der Waals surface area contributed by atoms with Crippen molar-refractivity contribution in [2.75, 3.05) is 19.6 Å². The molecular formula is C21H33ClN2O. The number of piperidine rings is 1. The van der Waals surface area contributed by atoms with Gasteiger partial charge >= 0.3 is 0 Å². The number of amides is 1. The molecule has 1 saturated carbocycles. The Morgan fingerprint density at radius 2 is 2.04 bits per heavy atom. The van der Waals surface area contributed by atoms with Crippen LogP contribution in [0.5, 0.6) is 0 Å². The van der Waals surface area contributed by atoms with Crippen LogP contribution in [-0.2, 0) is 11.2 Å². The molecule has 2 unspecified atom stereocenters. The maximum absolute atomic E-state index is 12.4. The van der Waals surface area contributed by atoms with Crippen LogP contribution in [0.15, 0.2) is 30.3 Å². The molecule has 1 aromatic carbocycles. The molecule has 0 spiro atoms. The lowest BCUT2D eigenvalue weighted by atomic mass is 9.65. The van der Waals surface area contributed by atoms with Gasteiger partial charge in [-0.1, -0.05) is 43.7 Å². The Labute approximate surface area is 158 Å². The normalized spacial score (nSPS) is 23.0. The van der Waals surface area contributed by atoms with Gasteiger partial charge in [0, 0.05) is 13.0 Å². The van der Waals surface area contributed by atoms with Gasteiger partial charge in [0.25, 0.3) is 0 Å². The summed E-state index contributed by atoms with van der Waals surface area (Å²) in [5, 5.41) is 6.72. The molecule has 0 bridgehead atoms. The zero-order chi connectivity index (χ0) is 16.8. The third kappa shape index (κ3) is 5.72. The summed E-state index contributed by atoms with van der Waals surface area (Å²) >= 11 is 0. The lowest BCUT2D eigenvalue weighted by Crippen LogP contribution is -2.44. The number of hydrogen-bond acceptors (Lipinski definition) is 2. The zero-order valence-electron chi connectivity index (χ0n) is 15.4. The Bertz CT molecular complexity index is 524. The average molecular weight is 365 g/mol. The van der Waals surface area contributed by atoms with Gasteiger partial charge in [-0.2, -0.15) is 0 Å². The SMILES string of the molecule is CC(CC(=O)NCC1(Cc2ccccc2)CCC1)C1CCCNC1.Cl. The maximum atomic E-state index is 12.4. The highest BCUT2D eigenvalue weighted by Crippen LogP contribution is 2.43. The van der Waals surface area contributed by atoms with Crippen LogP contribution in [0.2, 0.25) is 0 Å². The minimum Gasteiger partial charge on any atom is -0.356 e. The number of carbonyl (C=O) groups is 1. The lowest BCUT2D eigenvalue weighted by Gasteiger charge is -2.42. The van der Waals surface area contributed by atoms with E-state index in [9.17, 15) is 4.79 Å². The van der Waals surface area contributed by atoms with Gasteiger partial charge < -0.3 is 10.6 Å². The first-order valence-electron chi connectivity index (χ1n) is 9.68. The highest BCUT2D eigenvalue weighted by atomic mass is 35.5. The molecule has 25 heavy (non-hydrogen) atoms. The molecule has 1 aliphatic heterocycles. The second kappa shape index (κ2) is 9.59. The highest BCUT2D eigenvalue weighted by molar-refractivity contribution is 5.85. The molecular weight excluding hydrogens is 332 g/mol. The summed E-state index contributed by atoms with van der Waals surface area (Å²) in [5.41, 5.74) is 1.69. The Morgan fingerprint density at radius 3 is 2.64 bits per heavy atom. The van der Waals surface area contributed by atoms with Crippen LogP contribution in [-0.4, -0.2) is 25.5 Å². The Balaban J connectivity index is 0.00000225. The van der Waals surface area contributed by atoms with E-state index in [1.807, 2.05) is 0 Å². The molecule has 1 aliphatic carbocycles. The van der Waals surface area contributed by atoms with Crippen molar-refractivity contribution in [1.82, 2.24) is 10.6 Å². The van der Waals surface area contributed by atoms with Crippen molar-refractivity contribution in [3.05, 3.63) is 35.9 Å². The first-order chi connectivity index (χ1) is 11.7. The van der Waals surface area contributed by atoms with Crippen molar-refractivity contribution in [3.63, 3.8) is 0 Å². The number of carbonyl (C=O) groups excluding carboxylic acids is 1. The van der Waals surface area contributed by atoms with Crippen molar-refractivity contribution < 1.29 is 4.79 Å². The third-order valence-corrected chi connectivity index (χ3v) is 6.14. The second-order valence-corrected chi connectivity index (χ2v) is 8.08. The van der Waals surface area contributed by atoms with Crippen molar-refractivity contribution in [2.45, 2.75) is 51.9 Å². The smallest absolute Gasteiger partial charge is 0.220 e. The fourth-order valence-corrected chi connectivity index (χ4v) is 4.30. The average Bonchev–Trinajstić information content (AvgIpc) is 2.59. The van der Waals surface area contributed by atoms with Crippen LogP contribution in [0.4, 0.5) is 0 Å². The Kier molecular flexibility index (Phi) is 7.77. The van der Waals surface area contributed by atoms with Gasteiger partial charge in [-0.25, -0.2) is 0 Å². The highest BCUT2D eigenvalue weighted by Gasteiger charge is 2.37.